The number of hydrogen-bond acceptors (Lipinski definition) is 4. The Morgan fingerprint density at radius 3 is 2.45 bits per heavy atom. The Morgan fingerprint density at radius 1 is 1.36 bits per heavy atom. The molecule has 0 amide bonds. The summed E-state index contributed by atoms with van der Waals surface area (Å²) in [5, 5.41) is 6.64. The van der Waals surface area contributed by atoms with Crippen LogP contribution in [0.4, 0.5) is 0 Å². The normalized spacial score (nSPS) is 23.5. The second-order valence-electron chi connectivity index (χ2n) is 6.26. The maximum absolute atomic E-state index is 11.1. The largest absolute Gasteiger partial charge is 0.356 e. The Morgan fingerprint density at radius 2 is 2.00 bits per heavy atom. The molecular formula is C14H31IN4O2S. The zero-order valence-electron chi connectivity index (χ0n) is 14.3. The zero-order chi connectivity index (χ0) is 16.0. The summed E-state index contributed by atoms with van der Waals surface area (Å²) in [5.41, 5.74) is 0. The average molecular weight is 446 g/mol. The molecule has 0 radical (unpaired) electrons. The van der Waals surface area contributed by atoms with Crippen LogP contribution in [-0.4, -0.2) is 70.1 Å². The molecule has 1 aliphatic heterocycles. The number of nitrogens with zero attached hydrogens (tertiary/aromatic N) is 2. The van der Waals surface area contributed by atoms with Gasteiger partial charge in [0, 0.05) is 45.0 Å². The molecule has 6 nitrogen and oxygen atoms in total. The zero-order valence-corrected chi connectivity index (χ0v) is 17.4. The lowest BCUT2D eigenvalue weighted by atomic mass is 10.1. The van der Waals surface area contributed by atoms with E-state index in [0.29, 0.717) is 31.0 Å². The second kappa shape index (κ2) is 9.92. The third kappa shape index (κ3) is 7.96. The number of aliphatic imine (C=N–C) groups is 1. The highest BCUT2D eigenvalue weighted by Gasteiger charge is 2.31. The van der Waals surface area contributed by atoms with Crippen LogP contribution in [0.15, 0.2) is 4.99 Å². The lowest BCUT2D eigenvalue weighted by Crippen LogP contribution is -2.47. The van der Waals surface area contributed by atoms with Crippen molar-refractivity contribution >= 4 is 39.8 Å². The van der Waals surface area contributed by atoms with Crippen molar-refractivity contribution in [2.24, 2.45) is 10.9 Å². The standard InChI is InChI=1S/C14H30N4O2S.HI/c1-11(2)18-9-12(3)13(10-18)17-14(15-4)16-7-6-8-21(5,19)20;/h11-13H,6-10H2,1-5H3,(H2,15,16,17);1H. The Kier molecular flexibility index (Phi) is 9.88. The van der Waals surface area contributed by atoms with E-state index in [9.17, 15) is 8.42 Å². The van der Waals surface area contributed by atoms with Crippen LogP contribution in [0, 0.1) is 5.92 Å². The smallest absolute Gasteiger partial charge is 0.191 e. The summed E-state index contributed by atoms with van der Waals surface area (Å²) in [6, 6.07) is 0.942. The number of rotatable bonds is 6. The second-order valence-corrected chi connectivity index (χ2v) is 8.52. The van der Waals surface area contributed by atoms with E-state index in [0.717, 1.165) is 19.0 Å². The van der Waals surface area contributed by atoms with Gasteiger partial charge in [0.15, 0.2) is 5.96 Å². The summed E-state index contributed by atoms with van der Waals surface area (Å²) in [5.74, 6) is 1.53. The van der Waals surface area contributed by atoms with E-state index < -0.39 is 9.84 Å². The number of sulfone groups is 1. The van der Waals surface area contributed by atoms with Crippen molar-refractivity contribution in [1.82, 2.24) is 15.5 Å². The minimum Gasteiger partial charge on any atom is -0.356 e. The summed E-state index contributed by atoms with van der Waals surface area (Å²) in [6.45, 7) is 9.41. The Balaban J connectivity index is 0.00000441. The summed E-state index contributed by atoms with van der Waals surface area (Å²) < 4.78 is 22.2. The molecule has 22 heavy (non-hydrogen) atoms. The maximum Gasteiger partial charge on any atom is 0.191 e. The van der Waals surface area contributed by atoms with Crippen LogP contribution in [-0.2, 0) is 9.84 Å². The minimum absolute atomic E-state index is 0. The molecule has 1 rings (SSSR count). The molecule has 2 N–H and O–H groups in total. The Hall–Kier alpha value is -0.0900. The van der Waals surface area contributed by atoms with E-state index >= 15 is 0 Å². The first-order valence-electron chi connectivity index (χ1n) is 7.62. The molecule has 132 valence electrons. The molecule has 8 heteroatoms. The summed E-state index contributed by atoms with van der Waals surface area (Å²) in [4.78, 5) is 6.67. The van der Waals surface area contributed by atoms with Gasteiger partial charge in [0.1, 0.15) is 9.84 Å². The van der Waals surface area contributed by atoms with Crippen molar-refractivity contribution in [3.8, 4) is 0 Å². The third-order valence-corrected chi connectivity index (χ3v) is 4.93. The fraction of sp³-hybridized carbons (Fsp3) is 0.929. The molecule has 0 spiro atoms. The number of guanidine groups is 1. The molecule has 1 heterocycles. The van der Waals surface area contributed by atoms with Gasteiger partial charge in [0.2, 0.25) is 0 Å². The lowest BCUT2D eigenvalue weighted by Gasteiger charge is -2.21. The van der Waals surface area contributed by atoms with Gasteiger partial charge >= 0.3 is 0 Å². The number of hydrogen-bond donors (Lipinski definition) is 2. The topological polar surface area (TPSA) is 73.8 Å². The molecule has 0 aliphatic carbocycles. The fourth-order valence-electron chi connectivity index (χ4n) is 2.53. The van der Waals surface area contributed by atoms with Crippen LogP contribution in [0.3, 0.4) is 0 Å². The number of likely N-dealkylation sites (tertiary alicyclic amines) is 1. The van der Waals surface area contributed by atoms with Gasteiger partial charge in [-0.25, -0.2) is 8.42 Å². The molecule has 2 unspecified atom stereocenters. The molecule has 0 aromatic heterocycles. The van der Waals surface area contributed by atoms with Crippen molar-refractivity contribution in [2.75, 3.05) is 38.7 Å². The van der Waals surface area contributed by atoms with E-state index in [1.807, 2.05) is 0 Å². The van der Waals surface area contributed by atoms with Gasteiger partial charge in [0.25, 0.3) is 0 Å². The highest BCUT2D eigenvalue weighted by molar-refractivity contribution is 14.0. The first-order chi connectivity index (χ1) is 9.73. The van der Waals surface area contributed by atoms with Gasteiger partial charge in [-0.05, 0) is 26.2 Å². The highest BCUT2D eigenvalue weighted by atomic mass is 127. The van der Waals surface area contributed by atoms with Crippen molar-refractivity contribution < 1.29 is 8.42 Å². The van der Waals surface area contributed by atoms with Crippen LogP contribution in [0.5, 0.6) is 0 Å². The van der Waals surface area contributed by atoms with Crippen LogP contribution in [0.2, 0.25) is 0 Å². The monoisotopic (exact) mass is 446 g/mol. The summed E-state index contributed by atoms with van der Waals surface area (Å²) >= 11 is 0. The van der Waals surface area contributed by atoms with Crippen molar-refractivity contribution in [3.05, 3.63) is 0 Å². The Labute approximate surface area is 152 Å². The molecule has 2 atom stereocenters. The van der Waals surface area contributed by atoms with Gasteiger partial charge in [-0.15, -0.1) is 24.0 Å². The molecular weight excluding hydrogens is 415 g/mol. The SMILES string of the molecule is CN=C(NCCCS(C)(=O)=O)NC1CN(C(C)C)CC1C.I. The molecule has 1 aliphatic rings. The molecule has 1 saturated heterocycles. The first-order valence-corrected chi connectivity index (χ1v) is 9.68. The predicted octanol–water partition coefficient (Wildman–Crippen LogP) is 0.933. The van der Waals surface area contributed by atoms with E-state index in [1.165, 1.54) is 6.26 Å². The van der Waals surface area contributed by atoms with Gasteiger partial charge in [0.05, 0.1) is 5.75 Å². The summed E-state index contributed by atoms with van der Waals surface area (Å²) in [7, 11) is -1.14. The van der Waals surface area contributed by atoms with Gasteiger partial charge in [-0.1, -0.05) is 6.92 Å². The van der Waals surface area contributed by atoms with E-state index in [-0.39, 0.29) is 29.7 Å². The quantitative estimate of drug-likeness (QED) is 0.275. The van der Waals surface area contributed by atoms with Crippen molar-refractivity contribution in [1.29, 1.82) is 0 Å². The average Bonchev–Trinajstić information content (AvgIpc) is 2.73. The van der Waals surface area contributed by atoms with Crippen LogP contribution < -0.4 is 10.6 Å². The molecule has 1 fully saturated rings. The van der Waals surface area contributed by atoms with Crippen LogP contribution in [0.25, 0.3) is 0 Å². The van der Waals surface area contributed by atoms with E-state index in [4.69, 9.17) is 0 Å². The third-order valence-electron chi connectivity index (χ3n) is 3.90. The van der Waals surface area contributed by atoms with Crippen molar-refractivity contribution in [3.63, 3.8) is 0 Å². The van der Waals surface area contributed by atoms with E-state index in [1.54, 1.807) is 7.05 Å². The number of nitrogens with one attached hydrogen (secondary N) is 2. The van der Waals surface area contributed by atoms with Gasteiger partial charge in [-0.3, -0.25) is 9.89 Å². The minimum atomic E-state index is -2.88. The molecule has 0 saturated carbocycles. The van der Waals surface area contributed by atoms with Gasteiger partial charge < -0.3 is 10.6 Å². The number of halogens is 1. The highest BCUT2D eigenvalue weighted by Crippen LogP contribution is 2.18. The molecule has 0 aromatic carbocycles. The molecule has 0 bridgehead atoms. The van der Waals surface area contributed by atoms with E-state index in [2.05, 4.69) is 41.3 Å². The van der Waals surface area contributed by atoms with Crippen LogP contribution >= 0.6 is 24.0 Å². The predicted molar refractivity (Wildman–Crippen MR) is 104 cm³/mol. The Bertz CT molecular complexity index is 454. The van der Waals surface area contributed by atoms with Gasteiger partial charge in [-0.2, -0.15) is 0 Å². The maximum atomic E-state index is 11.1. The fourth-order valence-corrected chi connectivity index (χ4v) is 3.19. The van der Waals surface area contributed by atoms with Crippen LogP contribution in [0.1, 0.15) is 27.2 Å². The summed E-state index contributed by atoms with van der Waals surface area (Å²) in [6.07, 6.45) is 1.86. The van der Waals surface area contributed by atoms with Crippen molar-refractivity contribution in [2.45, 2.75) is 39.3 Å². The first kappa shape index (κ1) is 21.9. The molecule has 0 aromatic rings. The lowest BCUT2D eigenvalue weighted by molar-refractivity contribution is 0.265.